The Balaban J connectivity index is 1.42. The van der Waals surface area contributed by atoms with Gasteiger partial charge in [0.15, 0.2) is 5.13 Å². The zero-order valence-electron chi connectivity index (χ0n) is 16.1. The first-order valence-electron chi connectivity index (χ1n) is 9.40. The number of rotatable bonds is 6. The van der Waals surface area contributed by atoms with E-state index in [1.54, 1.807) is 0 Å². The number of para-hydroxylation sites is 1. The van der Waals surface area contributed by atoms with Gasteiger partial charge in [-0.2, -0.15) is 0 Å². The molecule has 0 fully saturated rings. The van der Waals surface area contributed by atoms with Crippen molar-refractivity contribution in [3.8, 4) is 11.1 Å². The van der Waals surface area contributed by atoms with Crippen molar-refractivity contribution in [2.75, 3.05) is 10.6 Å². The number of amides is 1. The van der Waals surface area contributed by atoms with Gasteiger partial charge in [-0.1, -0.05) is 60.7 Å². The van der Waals surface area contributed by atoms with Gasteiger partial charge in [-0.25, -0.2) is 4.98 Å². The molecule has 5 heteroatoms. The van der Waals surface area contributed by atoms with E-state index in [2.05, 4.69) is 39.9 Å². The molecule has 144 valence electrons. The first-order chi connectivity index (χ1) is 14.2. The second kappa shape index (κ2) is 8.71. The molecule has 0 aliphatic carbocycles. The van der Waals surface area contributed by atoms with E-state index >= 15 is 0 Å². The third-order valence-corrected chi connectivity index (χ3v) is 5.43. The molecule has 0 saturated heterocycles. The number of nitrogens with zero attached hydrogens (tertiary/aromatic N) is 1. The zero-order valence-corrected chi connectivity index (χ0v) is 16.9. The molecule has 1 heterocycles. The fraction of sp³-hybridized carbons (Fsp3) is 0.0833. The molecule has 4 aromatic rings. The van der Waals surface area contributed by atoms with Crippen LogP contribution in [-0.2, 0) is 6.54 Å². The number of hydrogen-bond donors (Lipinski definition) is 2. The summed E-state index contributed by atoms with van der Waals surface area (Å²) < 4.78 is 0. The average molecular weight is 400 g/mol. The van der Waals surface area contributed by atoms with E-state index in [9.17, 15) is 4.79 Å². The average Bonchev–Trinajstić information content (AvgIpc) is 3.18. The van der Waals surface area contributed by atoms with Crippen molar-refractivity contribution in [1.29, 1.82) is 0 Å². The van der Waals surface area contributed by atoms with Crippen molar-refractivity contribution in [3.63, 3.8) is 0 Å². The van der Waals surface area contributed by atoms with Crippen molar-refractivity contribution in [1.82, 2.24) is 4.98 Å². The molecule has 0 radical (unpaired) electrons. The van der Waals surface area contributed by atoms with E-state index in [0.717, 1.165) is 16.9 Å². The fourth-order valence-corrected chi connectivity index (χ4v) is 3.74. The number of hydrogen-bond acceptors (Lipinski definition) is 4. The molecule has 0 aliphatic heterocycles. The molecule has 0 aliphatic rings. The van der Waals surface area contributed by atoms with Gasteiger partial charge in [-0.05, 0) is 36.2 Å². The predicted molar refractivity (Wildman–Crippen MR) is 120 cm³/mol. The summed E-state index contributed by atoms with van der Waals surface area (Å²) in [6.07, 6.45) is 0. The van der Waals surface area contributed by atoms with Crippen LogP contribution in [-0.4, -0.2) is 10.9 Å². The van der Waals surface area contributed by atoms with Crippen molar-refractivity contribution in [2.45, 2.75) is 13.5 Å². The monoisotopic (exact) mass is 399 g/mol. The van der Waals surface area contributed by atoms with Gasteiger partial charge < -0.3 is 5.32 Å². The molecular weight excluding hydrogens is 378 g/mol. The lowest BCUT2D eigenvalue weighted by Gasteiger charge is -2.12. The van der Waals surface area contributed by atoms with Crippen LogP contribution in [0.15, 0.2) is 84.2 Å². The topological polar surface area (TPSA) is 54.0 Å². The molecule has 0 unspecified atom stereocenters. The van der Waals surface area contributed by atoms with Crippen molar-refractivity contribution >= 4 is 28.1 Å². The number of anilines is 2. The summed E-state index contributed by atoms with van der Waals surface area (Å²) in [5.41, 5.74) is 6.06. The summed E-state index contributed by atoms with van der Waals surface area (Å²) in [6.45, 7) is 2.58. The Hall–Kier alpha value is -3.44. The third kappa shape index (κ3) is 4.70. The summed E-state index contributed by atoms with van der Waals surface area (Å²) in [7, 11) is 0. The molecule has 3 aromatic carbocycles. The lowest BCUT2D eigenvalue weighted by atomic mass is 10.0. The van der Waals surface area contributed by atoms with E-state index < -0.39 is 0 Å². The van der Waals surface area contributed by atoms with E-state index in [1.165, 1.54) is 22.5 Å². The van der Waals surface area contributed by atoms with Crippen LogP contribution in [0.2, 0.25) is 0 Å². The van der Waals surface area contributed by atoms with Crippen molar-refractivity contribution < 1.29 is 4.79 Å². The smallest absolute Gasteiger partial charge is 0.257 e. The molecule has 0 spiro atoms. The zero-order chi connectivity index (χ0) is 20.1. The molecule has 4 nitrogen and oxygen atoms in total. The van der Waals surface area contributed by atoms with E-state index in [0.29, 0.717) is 17.2 Å². The number of nitrogens with one attached hydrogen (secondary N) is 2. The highest BCUT2D eigenvalue weighted by Crippen LogP contribution is 2.28. The van der Waals surface area contributed by atoms with Gasteiger partial charge in [0, 0.05) is 28.7 Å². The van der Waals surface area contributed by atoms with Crippen molar-refractivity contribution in [2.24, 2.45) is 0 Å². The highest BCUT2D eigenvalue weighted by Gasteiger charge is 2.09. The summed E-state index contributed by atoms with van der Waals surface area (Å²) in [5.74, 6) is -0.145. The van der Waals surface area contributed by atoms with E-state index in [1.807, 2.05) is 66.9 Å². The number of carbonyl (C=O) groups excluding carboxylic acids is 1. The van der Waals surface area contributed by atoms with Crippen molar-refractivity contribution in [3.05, 3.63) is 101 Å². The maximum atomic E-state index is 12.4. The summed E-state index contributed by atoms with van der Waals surface area (Å²) >= 11 is 1.43. The normalized spacial score (nSPS) is 10.5. The second-order valence-corrected chi connectivity index (χ2v) is 7.57. The molecule has 4 rings (SSSR count). The minimum Gasteiger partial charge on any atom is -0.380 e. The second-order valence-electron chi connectivity index (χ2n) is 6.71. The molecule has 2 N–H and O–H groups in total. The maximum absolute atomic E-state index is 12.4. The fourth-order valence-electron chi connectivity index (χ4n) is 3.06. The van der Waals surface area contributed by atoms with Crippen LogP contribution in [0.4, 0.5) is 10.8 Å². The van der Waals surface area contributed by atoms with Gasteiger partial charge in [0.2, 0.25) is 0 Å². The van der Waals surface area contributed by atoms with Crippen LogP contribution in [0.5, 0.6) is 0 Å². The van der Waals surface area contributed by atoms with Crippen LogP contribution in [0, 0.1) is 6.92 Å². The minimum absolute atomic E-state index is 0.145. The Labute approximate surface area is 174 Å². The number of aromatic nitrogens is 1. The number of benzene rings is 3. The van der Waals surface area contributed by atoms with Crippen LogP contribution in [0.3, 0.4) is 0 Å². The van der Waals surface area contributed by atoms with Crippen LogP contribution in [0.25, 0.3) is 11.1 Å². The Morgan fingerprint density at radius 3 is 2.38 bits per heavy atom. The summed E-state index contributed by atoms with van der Waals surface area (Å²) in [6, 6.07) is 26.2. The van der Waals surface area contributed by atoms with Gasteiger partial charge in [-0.15, -0.1) is 11.3 Å². The van der Waals surface area contributed by atoms with Gasteiger partial charge in [-0.3, -0.25) is 10.1 Å². The van der Waals surface area contributed by atoms with E-state index in [4.69, 9.17) is 0 Å². The largest absolute Gasteiger partial charge is 0.380 e. The first-order valence-corrected chi connectivity index (χ1v) is 10.3. The third-order valence-electron chi connectivity index (χ3n) is 4.55. The number of aryl methyl sites for hydroxylation is 1. The van der Waals surface area contributed by atoms with E-state index in [-0.39, 0.29) is 5.91 Å². The lowest BCUT2D eigenvalue weighted by Crippen LogP contribution is -2.11. The minimum atomic E-state index is -0.145. The predicted octanol–water partition coefficient (Wildman–Crippen LogP) is 5.98. The highest BCUT2D eigenvalue weighted by atomic mass is 32.1. The molecule has 0 saturated carbocycles. The Kier molecular flexibility index (Phi) is 5.68. The molecular formula is C24H21N3OS. The Morgan fingerprint density at radius 2 is 1.66 bits per heavy atom. The standard InChI is InChI=1S/C24H21N3OS/c1-17-16-29-24(26-17)27-23(28)20-13-11-18(12-14-20)15-25-22-10-6-5-9-21(22)19-7-3-2-4-8-19/h2-14,16,25H,15H2,1H3,(H,26,27,28). The van der Waals surface area contributed by atoms with Gasteiger partial charge in [0.25, 0.3) is 5.91 Å². The molecule has 1 aromatic heterocycles. The molecule has 0 atom stereocenters. The highest BCUT2D eigenvalue weighted by molar-refractivity contribution is 7.13. The summed E-state index contributed by atoms with van der Waals surface area (Å²) in [5, 5.41) is 8.88. The molecule has 1 amide bonds. The quantitative estimate of drug-likeness (QED) is 0.419. The molecule has 0 bridgehead atoms. The van der Waals surface area contributed by atoms with Crippen LogP contribution < -0.4 is 10.6 Å². The van der Waals surface area contributed by atoms with Gasteiger partial charge in [0.05, 0.1) is 5.69 Å². The first kappa shape index (κ1) is 18.9. The summed E-state index contributed by atoms with van der Waals surface area (Å²) in [4.78, 5) is 16.6. The van der Waals surface area contributed by atoms with Crippen LogP contribution >= 0.6 is 11.3 Å². The molecule has 29 heavy (non-hydrogen) atoms. The number of carbonyl (C=O) groups is 1. The SMILES string of the molecule is Cc1csc(NC(=O)c2ccc(CNc3ccccc3-c3ccccc3)cc2)n1. The lowest BCUT2D eigenvalue weighted by molar-refractivity contribution is 0.102. The van der Waals surface area contributed by atoms with Gasteiger partial charge >= 0.3 is 0 Å². The van der Waals surface area contributed by atoms with Gasteiger partial charge in [0.1, 0.15) is 0 Å². The Bertz CT molecular complexity index is 1100. The van der Waals surface area contributed by atoms with Crippen LogP contribution in [0.1, 0.15) is 21.6 Å². The maximum Gasteiger partial charge on any atom is 0.257 e. The number of thiazole rings is 1. The Morgan fingerprint density at radius 1 is 0.931 bits per heavy atom.